The molecule has 1 aliphatic heterocycles. The minimum atomic E-state index is 0.525. The van der Waals surface area contributed by atoms with Gasteiger partial charge in [-0.15, -0.1) is 0 Å². The van der Waals surface area contributed by atoms with Gasteiger partial charge in [0.05, 0.1) is 11.9 Å². The molecule has 0 unspecified atom stereocenters. The first-order chi connectivity index (χ1) is 10.2. The van der Waals surface area contributed by atoms with Gasteiger partial charge < -0.3 is 10.2 Å². The van der Waals surface area contributed by atoms with E-state index in [1.165, 1.54) is 17.0 Å². The molecular weight excluding hydrogens is 282 g/mol. The average Bonchev–Trinajstić information content (AvgIpc) is 2.98. The number of pyridine rings is 1. The Balaban J connectivity index is 1.85. The Labute approximate surface area is 130 Å². The molecule has 1 aromatic heterocycles. The predicted octanol–water partition coefficient (Wildman–Crippen LogP) is 3.62. The van der Waals surface area contributed by atoms with Crippen LogP contribution in [0.25, 0.3) is 0 Å². The van der Waals surface area contributed by atoms with Crippen LogP contribution in [0.2, 0.25) is 5.15 Å². The van der Waals surface area contributed by atoms with Crippen molar-refractivity contribution in [2.75, 3.05) is 18.0 Å². The van der Waals surface area contributed by atoms with Gasteiger partial charge in [-0.2, -0.15) is 0 Å². The van der Waals surface area contributed by atoms with Crippen molar-refractivity contribution in [1.29, 1.82) is 0 Å². The SMILES string of the molecule is C/C(Cc1ccccc1)=C1/NCCN1c1ccc(Cl)nc1. The van der Waals surface area contributed by atoms with Crippen molar-refractivity contribution < 1.29 is 0 Å². The van der Waals surface area contributed by atoms with Gasteiger partial charge in [-0.25, -0.2) is 4.98 Å². The molecule has 1 aliphatic rings. The van der Waals surface area contributed by atoms with E-state index in [0.29, 0.717) is 5.15 Å². The van der Waals surface area contributed by atoms with Crippen LogP contribution >= 0.6 is 11.6 Å². The van der Waals surface area contributed by atoms with Crippen LogP contribution in [0, 0.1) is 0 Å². The molecule has 1 fully saturated rings. The topological polar surface area (TPSA) is 28.2 Å². The molecule has 1 N–H and O–H groups in total. The number of halogens is 1. The van der Waals surface area contributed by atoms with Crippen molar-refractivity contribution in [3.05, 3.63) is 70.8 Å². The molecular formula is C17H18ClN3. The number of anilines is 1. The van der Waals surface area contributed by atoms with E-state index in [2.05, 4.69) is 46.4 Å². The zero-order valence-corrected chi connectivity index (χ0v) is 12.8. The van der Waals surface area contributed by atoms with E-state index in [-0.39, 0.29) is 0 Å². The van der Waals surface area contributed by atoms with Gasteiger partial charge in [-0.05, 0) is 36.6 Å². The lowest BCUT2D eigenvalue weighted by Crippen LogP contribution is -2.21. The largest absolute Gasteiger partial charge is 0.370 e. The van der Waals surface area contributed by atoms with Crippen molar-refractivity contribution in [1.82, 2.24) is 10.3 Å². The fraction of sp³-hybridized carbons (Fsp3) is 0.235. The van der Waals surface area contributed by atoms with Crippen LogP contribution in [-0.4, -0.2) is 18.1 Å². The molecule has 3 nitrogen and oxygen atoms in total. The molecule has 0 atom stereocenters. The van der Waals surface area contributed by atoms with Gasteiger partial charge in [-0.3, -0.25) is 0 Å². The van der Waals surface area contributed by atoms with Gasteiger partial charge in [-0.1, -0.05) is 41.9 Å². The van der Waals surface area contributed by atoms with Crippen LogP contribution in [0.3, 0.4) is 0 Å². The van der Waals surface area contributed by atoms with Crippen molar-refractivity contribution >= 4 is 17.3 Å². The fourth-order valence-electron chi connectivity index (χ4n) is 2.65. The minimum absolute atomic E-state index is 0.525. The first-order valence-electron chi connectivity index (χ1n) is 7.10. The number of hydrogen-bond acceptors (Lipinski definition) is 3. The van der Waals surface area contributed by atoms with E-state index in [1.54, 1.807) is 0 Å². The minimum Gasteiger partial charge on any atom is -0.370 e. The molecule has 0 bridgehead atoms. The molecule has 1 aromatic carbocycles. The van der Waals surface area contributed by atoms with Crippen molar-refractivity contribution in [2.24, 2.45) is 0 Å². The molecule has 21 heavy (non-hydrogen) atoms. The maximum atomic E-state index is 5.87. The van der Waals surface area contributed by atoms with E-state index >= 15 is 0 Å². The lowest BCUT2D eigenvalue weighted by atomic mass is 10.1. The third-order valence-corrected chi connectivity index (χ3v) is 3.86. The van der Waals surface area contributed by atoms with Gasteiger partial charge in [0, 0.05) is 13.1 Å². The maximum absolute atomic E-state index is 5.87. The van der Waals surface area contributed by atoms with Crippen molar-refractivity contribution in [3.63, 3.8) is 0 Å². The van der Waals surface area contributed by atoms with Crippen LogP contribution in [-0.2, 0) is 6.42 Å². The highest BCUT2D eigenvalue weighted by molar-refractivity contribution is 6.29. The summed E-state index contributed by atoms with van der Waals surface area (Å²) in [4.78, 5) is 6.44. The number of aromatic nitrogens is 1. The van der Waals surface area contributed by atoms with Gasteiger partial charge >= 0.3 is 0 Å². The second-order valence-electron chi connectivity index (χ2n) is 5.21. The fourth-order valence-corrected chi connectivity index (χ4v) is 2.76. The second-order valence-corrected chi connectivity index (χ2v) is 5.60. The van der Waals surface area contributed by atoms with Crippen LogP contribution in [0.15, 0.2) is 60.1 Å². The summed E-state index contributed by atoms with van der Waals surface area (Å²) in [5, 5.41) is 4.01. The first kappa shape index (κ1) is 14.0. The maximum Gasteiger partial charge on any atom is 0.129 e. The van der Waals surface area contributed by atoms with E-state index in [4.69, 9.17) is 11.6 Å². The third-order valence-electron chi connectivity index (χ3n) is 3.64. The molecule has 0 spiro atoms. The summed E-state index contributed by atoms with van der Waals surface area (Å²) in [7, 11) is 0. The van der Waals surface area contributed by atoms with Crippen LogP contribution < -0.4 is 10.2 Å². The number of nitrogens with one attached hydrogen (secondary N) is 1. The molecule has 0 amide bonds. The van der Waals surface area contributed by atoms with Gasteiger partial charge in [0.2, 0.25) is 0 Å². The normalized spacial score (nSPS) is 16.8. The zero-order chi connectivity index (χ0) is 14.7. The summed E-state index contributed by atoms with van der Waals surface area (Å²) in [6, 6.07) is 14.4. The quantitative estimate of drug-likeness (QED) is 0.878. The standard InChI is InChI=1S/C17H18ClN3/c1-13(11-14-5-3-2-4-6-14)17-19-9-10-21(17)15-7-8-16(18)20-12-15/h2-8,12,19H,9-11H2,1H3/b17-13+. The lowest BCUT2D eigenvalue weighted by molar-refractivity contribution is 0.916. The number of nitrogens with zero attached hydrogens (tertiary/aromatic N) is 2. The molecule has 4 heteroatoms. The Morgan fingerprint density at radius 2 is 2.05 bits per heavy atom. The van der Waals surface area contributed by atoms with E-state index in [9.17, 15) is 0 Å². The van der Waals surface area contributed by atoms with Crippen LogP contribution in [0.5, 0.6) is 0 Å². The Kier molecular flexibility index (Phi) is 4.11. The predicted molar refractivity (Wildman–Crippen MR) is 87.4 cm³/mol. The third kappa shape index (κ3) is 3.19. The number of hydrogen-bond donors (Lipinski definition) is 1. The molecule has 0 saturated carbocycles. The molecule has 2 heterocycles. The van der Waals surface area contributed by atoms with Crippen molar-refractivity contribution in [3.8, 4) is 0 Å². The Morgan fingerprint density at radius 3 is 2.76 bits per heavy atom. The lowest BCUT2D eigenvalue weighted by Gasteiger charge is -2.21. The zero-order valence-electron chi connectivity index (χ0n) is 12.0. The van der Waals surface area contributed by atoms with Gasteiger partial charge in [0.1, 0.15) is 11.0 Å². The smallest absolute Gasteiger partial charge is 0.129 e. The number of rotatable bonds is 3. The summed E-state index contributed by atoms with van der Waals surface area (Å²) < 4.78 is 0. The molecule has 0 radical (unpaired) electrons. The van der Waals surface area contributed by atoms with Gasteiger partial charge in [0.25, 0.3) is 0 Å². The summed E-state index contributed by atoms with van der Waals surface area (Å²) >= 11 is 5.87. The molecule has 108 valence electrons. The monoisotopic (exact) mass is 299 g/mol. The van der Waals surface area contributed by atoms with E-state index < -0.39 is 0 Å². The summed E-state index contributed by atoms with van der Waals surface area (Å²) in [6.45, 7) is 4.08. The second kappa shape index (κ2) is 6.19. The van der Waals surface area contributed by atoms with Gasteiger partial charge in [0.15, 0.2) is 0 Å². The van der Waals surface area contributed by atoms with Crippen LogP contribution in [0.4, 0.5) is 5.69 Å². The molecule has 2 aromatic rings. The summed E-state index contributed by atoms with van der Waals surface area (Å²) in [5.74, 6) is 1.18. The Morgan fingerprint density at radius 1 is 1.24 bits per heavy atom. The summed E-state index contributed by atoms with van der Waals surface area (Å²) in [6.07, 6.45) is 2.77. The highest BCUT2D eigenvalue weighted by Gasteiger charge is 2.20. The Hall–Kier alpha value is -2.00. The highest BCUT2D eigenvalue weighted by atomic mass is 35.5. The van der Waals surface area contributed by atoms with Crippen molar-refractivity contribution in [2.45, 2.75) is 13.3 Å². The molecule has 3 rings (SSSR count). The summed E-state index contributed by atoms with van der Waals surface area (Å²) in [5.41, 5.74) is 3.73. The highest BCUT2D eigenvalue weighted by Crippen LogP contribution is 2.24. The Bertz CT molecular complexity index is 635. The first-order valence-corrected chi connectivity index (χ1v) is 7.48. The number of allylic oxidation sites excluding steroid dienone is 1. The van der Waals surface area contributed by atoms with Crippen LogP contribution in [0.1, 0.15) is 12.5 Å². The molecule has 0 aliphatic carbocycles. The number of benzene rings is 1. The molecule has 1 saturated heterocycles. The van der Waals surface area contributed by atoms with E-state index in [1.807, 2.05) is 24.4 Å². The average molecular weight is 300 g/mol. The van der Waals surface area contributed by atoms with E-state index in [0.717, 1.165) is 25.2 Å².